The first kappa shape index (κ1) is 13.6. The lowest BCUT2D eigenvalue weighted by Crippen LogP contribution is -2.30. The fourth-order valence-electron chi connectivity index (χ4n) is 1.67. The Morgan fingerprint density at radius 3 is 2.76 bits per heavy atom. The molecule has 1 amide bonds. The van der Waals surface area contributed by atoms with Crippen molar-refractivity contribution in [1.29, 1.82) is 0 Å². The van der Waals surface area contributed by atoms with E-state index < -0.39 is 0 Å². The molecule has 0 radical (unpaired) electrons. The summed E-state index contributed by atoms with van der Waals surface area (Å²) >= 11 is 0. The molecule has 1 unspecified atom stereocenters. The summed E-state index contributed by atoms with van der Waals surface area (Å²) in [7, 11) is 0. The van der Waals surface area contributed by atoms with Crippen LogP contribution in [0.25, 0.3) is 0 Å². The minimum absolute atomic E-state index is 0.0619. The van der Waals surface area contributed by atoms with Crippen molar-refractivity contribution < 1.29 is 9.18 Å². The zero-order chi connectivity index (χ0) is 12.8. The van der Waals surface area contributed by atoms with Crippen molar-refractivity contribution in [2.24, 2.45) is 0 Å². The number of hydrogen-bond acceptors (Lipinski definition) is 2. The monoisotopic (exact) mass is 238 g/mol. The Bertz CT molecular complexity index is 393. The van der Waals surface area contributed by atoms with Gasteiger partial charge in [-0.1, -0.05) is 6.92 Å². The van der Waals surface area contributed by atoms with Crippen LogP contribution in [-0.4, -0.2) is 18.5 Å². The van der Waals surface area contributed by atoms with Crippen LogP contribution in [0.4, 0.5) is 10.1 Å². The van der Waals surface area contributed by atoms with Crippen molar-refractivity contribution in [3.8, 4) is 0 Å². The van der Waals surface area contributed by atoms with Gasteiger partial charge in [-0.15, -0.1) is 0 Å². The molecule has 2 N–H and O–H groups in total. The molecule has 94 valence electrons. The number of anilines is 1. The summed E-state index contributed by atoms with van der Waals surface area (Å²) in [4.78, 5) is 11.7. The van der Waals surface area contributed by atoms with Crippen LogP contribution in [-0.2, 0) is 4.79 Å². The normalized spacial score (nSPS) is 12.2. The average molecular weight is 238 g/mol. The first-order chi connectivity index (χ1) is 8.02. The van der Waals surface area contributed by atoms with Gasteiger partial charge in [0.05, 0.1) is 0 Å². The highest BCUT2D eigenvalue weighted by Crippen LogP contribution is 2.15. The van der Waals surface area contributed by atoms with Crippen LogP contribution in [0.15, 0.2) is 18.2 Å². The van der Waals surface area contributed by atoms with E-state index in [1.165, 1.54) is 12.1 Å². The van der Waals surface area contributed by atoms with E-state index in [1.54, 1.807) is 13.0 Å². The number of benzene rings is 1. The Hall–Kier alpha value is -1.42. The summed E-state index contributed by atoms with van der Waals surface area (Å²) in [6.45, 7) is 6.57. The molecule has 0 aromatic heterocycles. The second kappa shape index (κ2) is 6.35. The molecule has 0 aliphatic carbocycles. The molecular weight excluding hydrogens is 219 g/mol. The standard InChI is InChI=1S/C13H19FN2O/c1-4-15-10(3)8-13(17)16-12-6-5-11(14)7-9(12)2/h5-7,10,15H,4,8H2,1-3H3,(H,16,17). The van der Waals surface area contributed by atoms with Crippen molar-refractivity contribution in [3.63, 3.8) is 0 Å². The largest absolute Gasteiger partial charge is 0.326 e. The minimum Gasteiger partial charge on any atom is -0.326 e. The molecule has 3 nitrogen and oxygen atoms in total. The number of hydrogen-bond donors (Lipinski definition) is 2. The van der Waals surface area contributed by atoms with E-state index >= 15 is 0 Å². The molecule has 0 saturated heterocycles. The van der Waals surface area contributed by atoms with E-state index in [9.17, 15) is 9.18 Å². The van der Waals surface area contributed by atoms with Crippen LogP contribution in [0.1, 0.15) is 25.8 Å². The fraction of sp³-hybridized carbons (Fsp3) is 0.462. The molecule has 1 rings (SSSR count). The van der Waals surface area contributed by atoms with E-state index in [0.717, 1.165) is 12.1 Å². The first-order valence-electron chi connectivity index (χ1n) is 5.82. The fourth-order valence-corrected chi connectivity index (χ4v) is 1.67. The zero-order valence-electron chi connectivity index (χ0n) is 10.5. The topological polar surface area (TPSA) is 41.1 Å². The molecule has 0 spiro atoms. The van der Waals surface area contributed by atoms with Crippen molar-refractivity contribution in [2.45, 2.75) is 33.2 Å². The van der Waals surface area contributed by atoms with Gasteiger partial charge >= 0.3 is 0 Å². The lowest BCUT2D eigenvalue weighted by Gasteiger charge is -2.13. The van der Waals surface area contributed by atoms with Crippen molar-refractivity contribution in [2.75, 3.05) is 11.9 Å². The maximum absolute atomic E-state index is 12.9. The molecule has 0 bridgehead atoms. The van der Waals surface area contributed by atoms with E-state index in [1.807, 2.05) is 13.8 Å². The lowest BCUT2D eigenvalue weighted by molar-refractivity contribution is -0.116. The molecule has 4 heteroatoms. The number of carbonyl (C=O) groups is 1. The van der Waals surface area contributed by atoms with Gasteiger partial charge in [-0.25, -0.2) is 4.39 Å². The maximum Gasteiger partial charge on any atom is 0.225 e. The molecule has 17 heavy (non-hydrogen) atoms. The number of aryl methyl sites for hydroxylation is 1. The van der Waals surface area contributed by atoms with Gasteiger partial charge < -0.3 is 10.6 Å². The van der Waals surface area contributed by atoms with Gasteiger partial charge in [0.2, 0.25) is 5.91 Å². The van der Waals surface area contributed by atoms with E-state index in [0.29, 0.717) is 12.1 Å². The van der Waals surface area contributed by atoms with Gasteiger partial charge in [0, 0.05) is 18.2 Å². The van der Waals surface area contributed by atoms with Crippen LogP contribution in [0.3, 0.4) is 0 Å². The van der Waals surface area contributed by atoms with Gasteiger partial charge in [-0.3, -0.25) is 4.79 Å². The Labute approximate surface area is 101 Å². The molecule has 1 aromatic carbocycles. The van der Waals surface area contributed by atoms with Gasteiger partial charge in [0.15, 0.2) is 0 Å². The highest BCUT2D eigenvalue weighted by molar-refractivity contribution is 5.91. The summed E-state index contributed by atoms with van der Waals surface area (Å²) < 4.78 is 12.9. The van der Waals surface area contributed by atoms with Crippen molar-refractivity contribution >= 4 is 11.6 Å². The van der Waals surface area contributed by atoms with Crippen molar-refractivity contribution in [1.82, 2.24) is 5.32 Å². The highest BCUT2D eigenvalue weighted by Gasteiger charge is 2.09. The van der Waals surface area contributed by atoms with Crippen LogP contribution in [0.2, 0.25) is 0 Å². The number of carbonyl (C=O) groups excluding carboxylic acids is 1. The Kier molecular flexibility index (Phi) is 5.10. The summed E-state index contributed by atoms with van der Waals surface area (Å²) in [6.07, 6.45) is 0.407. The third-order valence-corrected chi connectivity index (χ3v) is 2.51. The van der Waals surface area contributed by atoms with Crippen LogP contribution < -0.4 is 10.6 Å². The summed E-state index contributed by atoms with van der Waals surface area (Å²) in [5.41, 5.74) is 1.40. The Morgan fingerprint density at radius 2 is 2.18 bits per heavy atom. The molecule has 0 fully saturated rings. The number of nitrogens with one attached hydrogen (secondary N) is 2. The van der Waals surface area contributed by atoms with Gasteiger partial charge in [0.1, 0.15) is 5.82 Å². The first-order valence-corrected chi connectivity index (χ1v) is 5.82. The average Bonchev–Trinajstić information content (AvgIpc) is 2.22. The van der Waals surface area contributed by atoms with Crippen LogP contribution in [0, 0.1) is 12.7 Å². The van der Waals surface area contributed by atoms with Gasteiger partial charge in [0.25, 0.3) is 0 Å². The van der Waals surface area contributed by atoms with Gasteiger partial charge in [-0.05, 0) is 44.2 Å². The van der Waals surface area contributed by atoms with Crippen molar-refractivity contribution in [3.05, 3.63) is 29.6 Å². The summed E-state index contributed by atoms with van der Waals surface area (Å²) in [5.74, 6) is -0.352. The molecule has 0 aliphatic heterocycles. The molecule has 0 heterocycles. The number of amides is 1. The van der Waals surface area contributed by atoms with E-state index in [2.05, 4.69) is 10.6 Å². The molecule has 1 atom stereocenters. The van der Waals surface area contributed by atoms with Crippen LogP contribution in [0.5, 0.6) is 0 Å². The molecule has 0 aliphatic rings. The molecule has 0 saturated carbocycles. The third-order valence-electron chi connectivity index (χ3n) is 2.51. The number of rotatable bonds is 5. The second-order valence-corrected chi connectivity index (χ2v) is 4.17. The Balaban J connectivity index is 2.56. The van der Waals surface area contributed by atoms with E-state index in [-0.39, 0.29) is 17.8 Å². The van der Waals surface area contributed by atoms with Crippen LogP contribution >= 0.6 is 0 Å². The molecule has 1 aromatic rings. The van der Waals surface area contributed by atoms with E-state index in [4.69, 9.17) is 0 Å². The third kappa shape index (κ3) is 4.53. The SMILES string of the molecule is CCNC(C)CC(=O)Nc1ccc(F)cc1C. The Morgan fingerprint density at radius 1 is 1.47 bits per heavy atom. The highest BCUT2D eigenvalue weighted by atomic mass is 19.1. The summed E-state index contributed by atoms with van der Waals surface area (Å²) in [6, 6.07) is 4.47. The minimum atomic E-state index is -0.290. The zero-order valence-corrected chi connectivity index (χ0v) is 10.5. The lowest BCUT2D eigenvalue weighted by atomic mass is 10.1. The van der Waals surface area contributed by atoms with Gasteiger partial charge in [-0.2, -0.15) is 0 Å². The predicted octanol–water partition coefficient (Wildman–Crippen LogP) is 2.46. The number of halogens is 1. The predicted molar refractivity (Wildman–Crippen MR) is 67.5 cm³/mol. The maximum atomic E-state index is 12.9. The second-order valence-electron chi connectivity index (χ2n) is 4.17. The smallest absolute Gasteiger partial charge is 0.225 e. The summed E-state index contributed by atoms with van der Waals surface area (Å²) in [5, 5.41) is 5.95. The molecular formula is C13H19FN2O. The quantitative estimate of drug-likeness (QED) is 0.827.